The van der Waals surface area contributed by atoms with Gasteiger partial charge in [-0.2, -0.15) is 9.97 Å². The molecule has 0 atom stereocenters. The quantitative estimate of drug-likeness (QED) is 0.123. The zero-order valence-electron chi connectivity index (χ0n) is 43.6. The van der Waals surface area contributed by atoms with Crippen molar-refractivity contribution < 1.29 is 0 Å². The first-order chi connectivity index (χ1) is 40.6. The molecule has 0 bridgehead atoms. The van der Waals surface area contributed by atoms with E-state index in [4.69, 9.17) is 51.4 Å². The lowest BCUT2D eigenvalue weighted by molar-refractivity contribution is 0.953. The summed E-state index contributed by atoms with van der Waals surface area (Å²) in [4.78, 5) is 50.2. The van der Waals surface area contributed by atoms with Crippen LogP contribution >= 0.6 is 0 Å². The molecule has 0 aliphatic heterocycles. The fourth-order valence-corrected chi connectivity index (χ4v) is 10.8. The Hall–Kier alpha value is -11.7. The molecular weight excluding hydrogens is 1010 g/mol. The van der Waals surface area contributed by atoms with Gasteiger partial charge in [-0.05, 0) is 60.7 Å². The topological polar surface area (TPSA) is 130 Å². The minimum Gasteiger partial charge on any atom is -0.319 e. The van der Waals surface area contributed by atoms with Gasteiger partial charge in [0.05, 0.1) is 34.3 Å². The van der Waals surface area contributed by atoms with Crippen LogP contribution in [0.25, 0.3) is 151 Å². The fourth-order valence-electron chi connectivity index (χ4n) is 10.8. The molecule has 5 aromatic heterocycles. The predicted octanol–water partition coefficient (Wildman–Crippen LogP) is 16.3. The molecule has 0 N–H and O–H groups in total. The molecule has 12 heteroatoms. The zero-order valence-corrected chi connectivity index (χ0v) is 43.6. The Morgan fingerprint density at radius 1 is 0.244 bits per heavy atom. The summed E-state index contributed by atoms with van der Waals surface area (Å²) in [5.74, 6) is 4.69. The maximum atomic E-state index is 8.84. The van der Waals surface area contributed by atoms with Crippen molar-refractivity contribution in [3.8, 4) is 103 Å². The molecule has 12 nitrogen and oxygen atoms in total. The molecule has 15 rings (SSSR count). The van der Waals surface area contributed by atoms with E-state index in [1.54, 1.807) is 0 Å². The van der Waals surface area contributed by atoms with Gasteiger partial charge in [0, 0.05) is 66.1 Å². The van der Waals surface area contributed by atoms with Crippen molar-refractivity contribution in [1.82, 2.24) is 54.0 Å². The molecular formula is C70H42N12. The van der Waals surface area contributed by atoms with Crippen LogP contribution in [0.1, 0.15) is 0 Å². The maximum absolute atomic E-state index is 8.84. The highest BCUT2D eigenvalue weighted by Gasteiger charge is 2.23. The van der Waals surface area contributed by atoms with Crippen molar-refractivity contribution in [2.75, 3.05) is 0 Å². The normalized spacial score (nSPS) is 11.4. The fraction of sp³-hybridized carbons (Fsp3) is 0. The lowest BCUT2D eigenvalue weighted by atomic mass is 10.1. The average Bonchev–Trinajstić information content (AvgIpc) is 4.21. The highest BCUT2D eigenvalue weighted by atomic mass is 15.2. The monoisotopic (exact) mass is 1050 g/mol. The summed E-state index contributed by atoms with van der Waals surface area (Å²) in [6.07, 6.45) is 0. The Morgan fingerprint density at radius 2 is 0.537 bits per heavy atom. The summed E-state index contributed by atoms with van der Waals surface area (Å²) in [5.41, 5.74) is 11.3. The number of fused-ring (bicyclic) bond motifs is 6. The molecule has 0 unspecified atom stereocenters. The molecule has 0 amide bonds. The Labute approximate surface area is 470 Å². The van der Waals surface area contributed by atoms with Gasteiger partial charge in [0.2, 0.25) is 11.6 Å². The van der Waals surface area contributed by atoms with Crippen LogP contribution in [-0.4, -0.2) is 54.0 Å². The van der Waals surface area contributed by atoms with Gasteiger partial charge < -0.3 is 4.57 Å². The van der Waals surface area contributed by atoms with Crippen molar-refractivity contribution in [3.05, 3.63) is 266 Å². The van der Waals surface area contributed by atoms with Gasteiger partial charge in [0.25, 0.3) is 0 Å². The maximum Gasteiger partial charge on any atom is 0.238 e. The van der Waals surface area contributed by atoms with Gasteiger partial charge in [-0.25, -0.2) is 39.7 Å². The minimum absolute atomic E-state index is 0.402. The van der Waals surface area contributed by atoms with E-state index in [0.29, 0.717) is 69.5 Å². The molecule has 0 spiro atoms. The third-order valence-corrected chi connectivity index (χ3v) is 14.7. The van der Waals surface area contributed by atoms with E-state index in [2.05, 4.69) is 62.5 Å². The van der Waals surface area contributed by atoms with Crippen molar-refractivity contribution in [2.24, 2.45) is 0 Å². The molecule has 0 aliphatic carbocycles. The minimum atomic E-state index is 0.402. The van der Waals surface area contributed by atoms with E-state index in [-0.39, 0.29) is 0 Å². The van der Waals surface area contributed by atoms with Crippen molar-refractivity contribution in [2.45, 2.75) is 0 Å². The number of nitrogens with zero attached hydrogens (tertiary/aromatic N) is 12. The Morgan fingerprint density at radius 3 is 0.915 bits per heavy atom. The van der Waals surface area contributed by atoms with E-state index in [1.807, 2.05) is 206 Å². The molecule has 0 radical (unpaired) electrons. The molecule has 82 heavy (non-hydrogen) atoms. The van der Waals surface area contributed by atoms with Crippen molar-refractivity contribution in [3.63, 3.8) is 0 Å². The van der Waals surface area contributed by atoms with E-state index in [0.717, 1.165) is 82.6 Å². The number of hydrogen-bond donors (Lipinski definition) is 0. The van der Waals surface area contributed by atoms with Crippen molar-refractivity contribution in [1.29, 1.82) is 0 Å². The third kappa shape index (κ3) is 8.46. The number of rotatable bonds is 10. The van der Waals surface area contributed by atoms with Crippen LogP contribution in [0.15, 0.2) is 255 Å². The van der Waals surface area contributed by atoms with Gasteiger partial charge in [-0.1, -0.05) is 194 Å². The largest absolute Gasteiger partial charge is 0.319 e. The van der Waals surface area contributed by atoms with Crippen LogP contribution < -0.4 is 0 Å². The van der Waals surface area contributed by atoms with Crippen LogP contribution in [0.2, 0.25) is 0 Å². The van der Waals surface area contributed by atoms with Crippen LogP contribution in [0.5, 0.6) is 0 Å². The number of hydrogen-bond acceptors (Lipinski definition) is 9. The van der Waals surface area contributed by atoms with Gasteiger partial charge in [0.15, 0.2) is 46.6 Å². The first kappa shape index (κ1) is 47.5. The number of benzene rings is 10. The summed E-state index contributed by atoms with van der Waals surface area (Å²) in [5, 5.41) is 3.99. The lowest BCUT2D eigenvalue weighted by Crippen LogP contribution is -2.06. The lowest BCUT2D eigenvalue weighted by Gasteiger charge is -2.14. The van der Waals surface area contributed by atoms with Crippen LogP contribution in [-0.2, 0) is 0 Å². The van der Waals surface area contributed by atoms with Gasteiger partial charge in [0.1, 0.15) is 0 Å². The second kappa shape index (κ2) is 20.0. The van der Waals surface area contributed by atoms with Crippen molar-refractivity contribution >= 4 is 49.3 Å². The van der Waals surface area contributed by atoms with Crippen LogP contribution in [0.4, 0.5) is 5.69 Å². The molecule has 0 aliphatic rings. The summed E-state index contributed by atoms with van der Waals surface area (Å²) in [6.45, 7) is 8.84. The smallest absolute Gasteiger partial charge is 0.238 e. The van der Waals surface area contributed by atoms with E-state index in [1.165, 1.54) is 0 Å². The highest BCUT2D eigenvalue weighted by molar-refractivity contribution is 6.12. The SMILES string of the molecule is [C-]#[N+]c1cc(-c2nc(-c3ccccc3)nc(-n3c4ccccc4c4ccccc43)n2)ccc1-n1c2ccc(-c3nc(-c4ccccc4)nc(-c4ccccc4)n3)cc2c2cc(-c3nc(-c4ccccc4)nc(-c4ccccc4)n3)ccc21. The summed E-state index contributed by atoms with van der Waals surface area (Å²) < 4.78 is 4.25. The second-order valence-electron chi connectivity index (χ2n) is 19.7. The molecule has 10 aromatic carbocycles. The molecule has 382 valence electrons. The van der Waals surface area contributed by atoms with Crippen LogP contribution in [0.3, 0.4) is 0 Å². The van der Waals surface area contributed by atoms with Gasteiger partial charge >= 0.3 is 0 Å². The highest BCUT2D eigenvalue weighted by Crippen LogP contribution is 2.41. The third-order valence-electron chi connectivity index (χ3n) is 14.7. The van der Waals surface area contributed by atoms with Gasteiger partial charge in [-0.3, -0.25) is 4.57 Å². The zero-order chi connectivity index (χ0) is 54.5. The Bertz CT molecular complexity index is 4630. The molecule has 0 saturated heterocycles. The predicted molar refractivity (Wildman–Crippen MR) is 325 cm³/mol. The molecule has 5 heterocycles. The molecule has 15 aromatic rings. The molecule has 0 saturated carbocycles. The average molecular weight is 1050 g/mol. The van der Waals surface area contributed by atoms with E-state index < -0.39 is 0 Å². The summed E-state index contributed by atoms with van der Waals surface area (Å²) in [7, 11) is 0. The van der Waals surface area contributed by atoms with E-state index in [9.17, 15) is 0 Å². The van der Waals surface area contributed by atoms with E-state index >= 15 is 0 Å². The second-order valence-corrected chi connectivity index (χ2v) is 19.7. The Balaban J connectivity index is 0.934. The number of aromatic nitrogens is 11. The van der Waals surface area contributed by atoms with Crippen LogP contribution in [0, 0.1) is 6.57 Å². The standard InChI is InChI=1S/C70H42N12/c1-71-56-43-51(69-78-66(48-29-15-6-16-30-48)79-70(80-69)82-57-33-19-17-31-52(57)53-32-18-20-34-58(53)82)37-40-61(56)81-59-38-35-49(67-74-62(44-21-7-2-8-22-44)72-63(75-67)45-23-9-3-10-24-45)41-54(59)55-42-50(36-39-60(55)81)68-76-64(46-25-11-4-12-26-46)73-65(77-68)47-27-13-5-14-28-47/h2-43H. The first-order valence-corrected chi connectivity index (χ1v) is 26.7. The summed E-state index contributed by atoms with van der Waals surface area (Å²) >= 11 is 0. The Kier molecular flexibility index (Phi) is 11.6. The summed E-state index contributed by atoms with van der Waals surface area (Å²) in [6, 6.07) is 84.7. The first-order valence-electron chi connectivity index (χ1n) is 26.7. The molecule has 0 fully saturated rings. The van der Waals surface area contributed by atoms with Gasteiger partial charge in [-0.15, -0.1) is 0 Å². The number of para-hydroxylation sites is 2.